The van der Waals surface area contributed by atoms with Crippen LogP contribution in [0.15, 0.2) is 18.2 Å². The summed E-state index contributed by atoms with van der Waals surface area (Å²) in [6.45, 7) is 3.11. The molecule has 0 aromatic heterocycles. The van der Waals surface area contributed by atoms with E-state index in [-0.39, 0.29) is 5.69 Å². The lowest BCUT2D eigenvalue weighted by Gasteiger charge is -2.19. The second-order valence-corrected chi connectivity index (χ2v) is 3.84. The summed E-state index contributed by atoms with van der Waals surface area (Å²) in [4.78, 5) is 11.0. The molecule has 0 radical (unpaired) electrons. The van der Waals surface area contributed by atoms with E-state index in [9.17, 15) is 26.7 Å². The highest BCUT2D eigenvalue weighted by molar-refractivity contribution is 5.97. The van der Waals surface area contributed by atoms with Crippen LogP contribution in [0.3, 0.4) is 0 Å². The molecular weight excluding hydrogens is 257 g/mol. The molecule has 0 heterocycles. The van der Waals surface area contributed by atoms with Crippen molar-refractivity contribution in [2.45, 2.75) is 25.9 Å². The zero-order valence-corrected chi connectivity index (χ0v) is 9.53. The molecule has 1 aromatic carbocycles. The van der Waals surface area contributed by atoms with Gasteiger partial charge in [0.25, 0.3) is 0 Å². The number of carbonyl (C=O) groups excluding carboxylic acids is 1. The zero-order valence-electron chi connectivity index (χ0n) is 9.53. The highest BCUT2D eigenvalue weighted by atomic mass is 19.4. The Bertz CT molecular complexity index is 467. The van der Waals surface area contributed by atoms with Crippen molar-refractivity contribution in [3.8, 4) is 0 Å². The SMILES string of the molecule is Cc1ccc(C)c(NC(=O)C(F)(F)C(F)(F)F)c1. The largest absolute Gasteiger partial charge is 0.463 e. The van der Waals surface area contributed by atoms with Crippen molar-refractivity contribution in [2.24, 2.45) is 0 Å². The minimum atomic E-state index is -5.91. The summed E-state index contributed by atoms with van der Waals surface area (Å²) in [5.41, 5.74) is 0.960. The van der Waals surface area contributed by atoms with Crippen LogP contribution in [0, 0.1) is 13.8 Å². The normalized spacial score (nSPS) is 12.4. The summed E-state index contributed by atoms with van der Waals surface area (Å²) >= 11 is 0. The number of halogens is 5. The predicted octanol–water partition coefficient (Wildman–Crippen LogP) is 3.44. The standard InChI is InChI=1S/C11H10F5NO/c1-6-3-4-7(2)8(5-6)17-9(18)10(12,13)11(14,15)16/h3-5H,1-2H3,(H,17,18). The van der Waals surface area contributed by atoms with Crippen LogP contribution in [0.25, 0.3) is 0 Å². The Morgan fingerprint density at radius 2 is 1.67 bits per heavy atom. The summed E-state index contributed by atoms with van der Waals surface area (Å²) in [5.74, 6) is -7.80. The molecule has 0 bridgehead atoms. The van der Waals surface area contributed by atoms with Gasteiger partial charge in [0, 0.05) is 5.69 Å². The Morgan fingerprint density at radius 1 is 1.11 bits per heavy atom. The Balaban J connectivity index is 2.98. The van der Waals surface area contributed by atoms with E-state index in [0.29, 0.717) is 11.1 Å². The molecule has 0 unspecified atom stereocenters. The van der Waals surface area contributed by atoms with Crippen LogP contribution in [0.4, 0.5) is 27.6 Å². The van der Waals surface area contributed by atoms with E-state index in [1.165, 1.54) is 19.1 Å². The zero-order chi connectivity index (χ0) is 14.1. The molecule has 1 amide bonds. The van der Waals surface area contributed by atoms with Gasteiger partial charge in [-0.1, -0.05) is 12.1 Å². The third-order valence-electron chi connectivity index (χ3n) is 2.28. The van der Waals surface area contributed by atoms with Gasteiger partial charge in [0.2, 0.25) is 0 Å². The third kappa shape index (κ3) is 2.77. The average molecular weight is 267 g/mol. The van der Waals surface area contributed by atoms with E-state index in [0.717, 1.165) is 0 Å². The summed E-state index contributed by atoms with van der Waals surface area (Å²) in [7, 11) is 0. The highest BCUT2D eigenvalue weighted by Crippen LogP contribution is 2.36. The number of rotatable bonds is 2. The maximum Gasteiger partial charge on any atom is 0.463 e. The molecule has 0 spiro atoms. The van der Waals surface area contributed by atoms with E-state index in [2.05, 4.69) is 0 Å². The molecule has 0 aliphatic rings. The maximum absolute atomic E-state index is 12.7. The van der Waals surface area contributed by atoms with Crippen LogP contribution in [0.2, 0.25) is 0 Å². The molecule has 0 atom stereocenters. The van der Waals surface area contributed by atoms with Crippen molar-refractivity contribution < 1.29 is 26.7 Å². The maximum atomic E-state index is 12.7. The van der Waals surface area contributed by atoms with E-state index in [1.54, 1.807) is 18.3 Å². The predicted molar refractivity (Wildman–Crippen MR) is 55.5 cm³/mol. The fourth-order valence-electron chi connectivity index (χ4n) is 1.20. The quantitative estimate of drug-likeness (QED) is 0.817. The average Bonchev–Trinajstić information content (AvgIpc) is 2.21. The Morgan fingerprint density at radius 3 is 2.17 bits per heavy atom. The number of alkyl halides is 5. The molecule has 18 heavy (non-hydrogen) atoms. The molecule has 0 saturated carbocycles. The van der Waals surface area contributed by atoms with Crippen molar-refractivity contribution >= 4 is 11.6 Å². The van der Waals surface area contributed by atoms with Gasteiger partial charge >= 0.3 is 18.0 Å². The number of nitrogens with one attached hydrogen (secondary N) is 1. The first-order valence-electron chi connectivity index (χ1n) is 4.89. The number of carbonyl (C=O) groups is 1. The van der Waals surface area contributed by atoms with Gasteiger partial charge in [0.1, 0.15) is 0 Å². The van der Waals surface area contributed by atoms with Crippen molar-refractivity contribution in [1.29, 1.82) is 0 Å². The summed E-state index contributed by atoms with van der Waals surface area (Å²) in [5, 5.41) is 1.59. The van der Waals surface area contributed by atoms with Gasteiger partial charge in [-0.2, -0.15) is 22.0 Å². The van der Waals surface area contributed by atoms with Crippen molar-refractivity contribution in [3.05, 3.63) is 29.3 Å². The van der Waals surface area contributed by atoms with Gasteiger partial charge in [-0.3, -0.25) is 4.79 Å². The van der Waals surface area contributed by atoms with Crippen LogP contribution in [0.5, 0.6) is 0 Å². The van der Waals surface area contributed by atoms with Gasteiger partial charge in [0.15, 0.2) is 0 Å². The Hall–Kier alpha value is -1.66. The number of hydrogen-bond acceptors (Lipinski definition) is 1. The fourth-order valence-corrected chi connectivity index (χ4v) is 1.20. The monoisotopic (exact) mass is 267 g/mol. The minimum absolute atomic E-state index is 0.0658. The van der Waals surface area contributed by atoms with Gasteiger partial charge < -0.3 is 5.32 Å². The van der Waals surface area contributed by atoms with Gasteiger partial charge in [-0.15, -0.1) is 0 Å². The molecule has 2 nitrogen and oxygen atoms in total. The van der Waals surface area contributed by atoms with E-state index < -0.39 is 18.0 Å². The van der Waals surface area contributed by atoms with Gasteiger partial charge in [-0.25, -0.2) is 0 Å². The molecule has 1 rings (SSSR count). The van der Waals surface area contributed by atoms with Crippen LogP contribution >= 0.6 is 0 Å². The molecule has 1 N–H and O–H groups in total. The van der Waals surface area contributed by atoms with Crippen molar-refractivity contribution in [1.82, 2.24) is 0 Å². The lowest BCUT2D eigenvalue weighted by atomic mass is 10.1. The van der Waals surface area contributed by atoms with Crippen LogP contribution in [0.1, 0.15) is 11.1 Å². The van der Waals surface area contributed by atoms with Crippen LogP contribution < -0.4 is 5.32 Å². The van der Waals surface area contributed by atoms with Crippen LogP contribution in [-0.2, 0) is 4.79 Å². The second-order valence-electron chi connectivity index (χ2n) is 3.84. The molecule has 0 aliphatic carbocycles. The molecule has 0 saturated heterocycles. The number of anilines is 1. The highest BCUT2D eigenvalue weighted by Gasteiger charge is 2.63. The van der Waals surface area contributed by atoms with Gasteiger partial charge in [-0.05, 0) is 31.0 Å². The second kappa shape index (κ2) is 4.55. The lowest BCUT2D eigenvalue weighted by molar-refractivity contribution is -0.267. The first-order valence-corrected chi connectivity index (χ1v) is 4.89. The smallest absolute Gasteiger partial charge is 0.320 e. The first-order chi connectivity index (χ1) is 8.05. The lowest BCUT2D eigenvalue weighted by Crippen LogP contribution is -2.47. The number of hydrogen-bond donors (Lipinski definition) is 1. The molecule has 7 heteroatoms. The van der Waals surface area contributed by atoms with Crippen molar-refractivity contribution in [2.75, 3.05) is 5.32 Å². The van der Waals surface area contributed by atoms with E-state index in [4.69, 9.17) is 0 Å². The van der Waals surface area contributed by atoms with E-state index >= 15 is 0 Å². The summed E-state index contributed by atoms with van der Waals surface area (Å²) < 4.78 is 61.3. The number of amides is 1. The van der Waals surface area contributed by atoms with E-state index in [1.807, 2.05) is 0 Å². The van der Waals surface area contributed by atoms with Gasteiger partial charge in [0.05, 0.1) is 0 Å². The van der Waals surface area contributed by atoms with Crippen LogP contribution in [-0.4, -0.2) is 18.0 Å². The Labute approximate surface area is 99.8 Å². The molecule has 100 valence electrons. The summed E-state index contributed by atoms with van der Waals surface area (Å²) in [6, 6.07) is 4.48. The molecule has 0 aliphatic heterocycles. The fraction of sp³-hybridized carbons (Fsp3) is 0.364. The minimum Gasteiger partial charge on any atom is -0.320 e. The summed E-state index contributed by atoms with van der Waals surface area (Å²) in [6.07, 6.45) is -5.91. The topological polar surface area (TPSA) is 29.1 Å². The van der Waals surface area contributed by atoms with Crippen molar-refractivity contribution in [3.63, 3.8) is 0 Å². The first kappa shape index (κ1) is 14.4. The third-order valence-corrected chi connectivity index (χ3v) is 2.28. The molecular formula is C11H10F5NO. The molecule has 1 aromatic rings. The Kier molecular flexibility index (Phi) is 3.64. The number of benzene rings is 1. The number of aryl methyl sites for hydroxylation is 2. The molecule has 0 fully saturated rings.